The van der Waals surface area contributed by atoms with Gasteiger partial charge in [0.2, 0.25) is 0 Å². The maximum atomic E-state index is 13.8. The van der Waals surface area contributed by atoms with Crippen molar-refractivity contribution in [3.05, 3.63) is 63.0 Å². The van der Waals surface area contributed by atoms with Crippen molar-refractivity contribution in [3.63, 3.8) is 0 Å². The van der Waals surface area contributed by atoms with Crippen LogP contribution in [0, 0.1) is 9.39 Å². The van der Waals surface area contributed by atoms with Crippen LogP contribution in [0.3, 0.4) is 0 Å². The lowest BCUT2D eigenvalue weighted by molar-refractivity contribution is 0.290. The van der Waals surface area contributed by atoms with Crippen molar-refractivity contribution in [3.8, 4) is 5.75 Å². The van der Waals surface area contributed by atoms with Crippen molar-refractivity contribution in [1.29, 1.82) is 0 Å². The van der Waals surface area contributed by atoms with Gasteiger partial charge in [-0.1, -0.05) is 18.2 Å². The fourth-order valence-corrected chi connectivity index (χ4v) is 2.02. The second kappa shape index (κ2) is 6.34. The maximum Gasteiger partial charge on any atom is 0.165 e. The number of ether oxygens (including phenoxy) is 1. The van der Waals surface area contributed by atoms with Crippen LogP contribution in [0.15, 0.2) is 42.5 Å². The van der Waals surface area contributed by atoms with E-state index in [1.807, 2.05) is 31.2 Å². The van der Waals surface area contributed by atoms with E-state index in [1.165, 1.54) is 6.07 Å². The van der Waals surface area contributed by atoms with E-state index in [2.05, 4.69) is 22.6 Å². The second-order valence-corrected chi connectivity index (χ2v) is 5.64. The fraction of sp³-hybridized carbons (Fsp3) is 0.200. The Bertz CT molecular complexity index is 555. The second-order valence-electron chi connectivity index (χ2n) is 4.39. The number of hydrogen-bond acceptors (Lipinski definition) is 2. The zero-order valence-electron chi connectivity index (χ0n) is 10.6. The van der Waals surface area contributed by atoms with Crippen molar-refractivity contribution in [2.45, 2.75) is 19.6 Å². The van der Waals surface area contributed by atoms with Gasteiger partial charge in [-0.25, -0.2) is 4.39 Å². The summed E-state index contributed by atoms with van der Waals surface area (Å²) in [5.74, 6) is -0.122. The van der Waals surface area contributed by atoms with E-state index in [0.29, 0.717) is 6.61 Å². The lowest BCUT2D eigenvalue weighted by Gasteiger charge is -2.10. The van der Waals surface area contributed by atoms with Gasteiger partial charge in [-0.15, -0.1) is 0 Å². The Labute approximate surface area is 125 Å². The minimum atomic E-state index is -0.375. The van der Waals surface area contributed by atoms with Gasteiger partial charge in [0, 0.05) is 9.61 Å². The van der Waals surface area contributed by atoms with Crippen LogP contribution >= 0.6 is 22.6 Å². The molecule has 1 atom stereocenters. The molecule has 0 heterocycles. The summed E-state index contributed by atoms with van der Waals surface area (Å²) in [4.78, 5) is 0. The standard InChI is InChI=1S/C15H15FINO/c1-10(18)12-4-7-15(14(16)8-12)19-9-11-2-5-13(17)6-3-11/h2-8,10H,9,18H2,1H3. The molecule has 100 valence electrons. The monoisotopic (exact) mass is 371 g/mol. The summed E-state index contributed by atoms with van der Waals surface area (Å²) in [5, 5.41) is 0. The number of rotatable bonds is 4. The summed E-state index contributed by atoms with van der Waals surface area (Å²) in [6, 6.07) is 12.6. The van der Waals surface area contributed by atoms with Gasteiger partial charge in [0.1, 0.15) is 6.61 Å². The molecule has 0 fully saturated rings. The topological polar surface area (TPSA) is 35.2 Å². The molecular weight excluding hydrogens is 356 g/mol. The van der Waals surface area contributed by atoms with E-state index < -0.39 is 0 Å². The quantitative estimate of drug-likeness (QED) is 0.824. The van der Waals surface area contributed by atoms with Crippen LogP contribution in [0.2, 0.25) is 0 Å². The predicted octanol–water partition coefficient (Wildman–Crippen LogP) is 4.03. The highest BCUT2D eigenvalue weighted by Gasteiger charge is 2.07. The van der Waals surface area contributed by atoms with Crippen LogP contribution < -0.4 is 10.5 Å². The maximum absolute atomic E-state index is 13.8. The normalized spacial score (nSPS) is 12.2. The highest BCUT2D eigenvalue weighted by molar-refractivity contribution is 14.1. The zero-order valence-corrected chi connectivity index (χ0v) is 12.7. The van der Waals surface area contributed by atoms with E-state index in [0.717, 1.165) is 14.7 Å². The molecule has 2 aromatic rings. The molecule has 0 bridgehead atoms. The molecule has 0 saturated heterocycles. The predicted molar refractivity (Wildman–Crippen MR) is 82.5 cm³/mol. The number of halogens is 2. The molecule has 2 rings (SSSR count). The highest BCUT2D eigenvalue weighted by atomic mass is 127. The first-order valence-electron chi connectivity index (χ1n) is 5.98. The molecule has 2 N–H and O–H groups in total. The molecule has 0 spiro atoms. The first kappa shape index (κ1) is 14.3. The minimum absolute atomic E-state index is 0.181. The van der Waals surface area contributed by atoms with E-state index in [-0.39, 0.29) is 17.6 Å². The Balaban J connectivity index is 2.05. The van der Waals surface area contributed by atoms with Crippen molar-refractivity contribution in [2.24, 2.45) is 5.73 Å². The lowest BCUT2D eigenvalue weighted by atomic mass is 10.1. The van der Waals surface area contributed by atoms with Crippen LogP contribution in [0.1, 0.15) is 24.1 Å². The Kier molecular flexibility index (Phi) is 4.76. The highest BCUT2D eigenvalue weighted by Crippen LogP contribution is 2.22. The summed E-state index contributed by atoms with van der Waals surface area (Å²) in [6.07, 6.45) is 0. The van der Waals surface area contributed by atoms with Crippen LogP contribution in [-0.4, -0.2) is 0 Å². The lowest BCUT2D eigenvalue weighted by Crippen LogP contribution is -2.06. The van der Waals surface area contributed by atoms with Gasteiger partial charge in [0.25, 0.3) is 0 Å². The van der Waals surface area contributed by atoms with Crippen LogP contribution in [0.4, 0.5) is 4.39 Å². The number of benzene rings is 2. The Hall–Kier alpha value is -1.14. The van der Waals surface area contributed by atoms with E-state index in [1.54, 1.807) is 12.1 Å². The fourth-order valence-electron chi connectivity index (χ4n) is 1.66. The number of hydrogen-bond donors (Lipinski definition) is 1. The largest absolute Gasteiger partial charge is 0.486 e. The molecule has 19 heavy (non-hydrogen) atoms. The van der Waals surface area contributed by atoms with Gasteiger partial charge >= 0.3 is 0 Å². The molecule has 1 unspecified atom stereocenters. The molecule has 0 amide bonds. The Morgan fingerprint density at radius 3 is 2.47 bits per heavy atom. The number of nitrogens with two attached hydrogens (primary N) is 1. The summed E-state index contributed by atoms with van der Waals surface area (Å²) >= 11 is 2.24. The molecule has 0 aliphatic heterocycles. The molecular formula is C15H15FINO. The van der Waals surface area contributed by atoms with Crippen molar-refractivity contribution in [1.82, 2.24) is 0 Å². The van der Waals surface area contributed by atoms with Crippen LogP contribution in [0.5, 0.6) is 5.75 Å². The first-order valence-corrected chi connectivity index (χ1v) is 7.06. The first-order chi connectivity index (χ1) is 9.06. The molecule has 0 radical (unpaired) electrons. The van der Waals surface area contributed by atoms with E-state index in [4.69, 9.17) is 10.5 Å². The average molecular weight is 371 g/mol. The minimum Gasteiger partial charge on any atom is -0.486 e. The summed E-state index contributed by atoms with van der Waals surface area (Å²) < 4.78 is 20.4. The molecule has 2 nitrogen and oxygen atoms in total. The molecule has 0 aliphatic rings. The molecule has 0 aliphatic carbocycles. The Morgan fingerprint density at radius 2 is 1.89 bits per heavy atom. The molecule has 4 heteroatoms. The average Bonchev–Trinajstić information content (AvgIpc) is 2.39. The third-order valence-corrected chi connectivity index (χ3v) is 3.51. The van der Waals surface area contributed by atoms with Crippen LogP contribution in [-0.2, 0) is 6.61 Å². The molecule has 2 aromatic carbocycles. The van der Waals surface area contributed by atoms with Gasteiger partial charge in [-0.2, -0.15) is 0 Å². The van der Waals surface area contributed by atoms with Gasteiger partial charge < -0.3 is 10.5 Å². The summed E-state index contributed by atoms with van der Waals surface area (Å²) in [6.45, 7) is 2.17. The summed E-state index contributed by atoms with van der Waals surface area (Å²) in [7, 11) is 0. The molecule has 0 saturated carbocycles. The smallest absolute Gasteiger partial charge is 0.165 e. The van der Waals surface area contributed by atoms with Crippen molar-refractivity contribution in [2.75, 3.05) is 0 Å². The van der Waals surface area contributed by atoms with E-state index >= 15 is 0 Å². The van der Waals surface area contributed by atoms with Gasteiger partial charge in [-0.3, -0.25) is 0 Å². The molecule has 0 aromatic heterocycles. The van der Waals surface area contributed by atoms with Gasteiger partial charge in [-0.05, 0) is 64.9 Å². The van der Waals surface area contributed by atoms with E-state index in [9.17, 15) is 4.39 Å². The van der Waals surface area contributed by atoms with Gasteiger partial charge in [0.05, 0.1) is 0 Å². The van der Waals surface area contributed by atoms with Crippen molar-refractivity contribution >= 4 is 22.6 Å². The third-order valence-electron chi connectivity index (χ3n) is 2.79. The van der Waals surface area contributed by atoms with Crippen LogP contribution in [0.25, 0.3) is 0 Å². The zero-order chi connectivity index (χ0) is 13.8. The van der Waals surface area contributed by atoms with Gasteiger partial charge in [0.15, 0.2) is 11.6 Å². The summed E-state index contributed by atoms with van der Waals surface area (Å²) in [5.41, 5.74) is 7.48. The Morgan fingerprint density at radius 1 is 1.21 bits per heavy atom. The SMILES string of the molecule is CC(N)c1ccc(OCc2ccc(I)cc2)c(F)c1. The third kappa shape index (κ3) is 3.91. The van der Waals surface area contributed by atoms with Crippen molar-refractivity contribution < 1.29 is 9.13 Å².